The summed E-state index contributed by atoms with van der Waals surface area (Å²) in [6.07, 6.45) is -0.107. The fraction of sp³-hybridized carbons (Fsp3) is 0.400. The van der Waals surface area contributed by atoms with E-state index in [9.17, 15) is 9.50 Å². The number of benzene rings is 2. The Balaban J connectivity index is 1.97. The van der Waals surface area contributed by atoms with E-state index >= 15 is 0 Å². The van der Waals surface area contributed by atoms with Crippen LogP contribution in [0.1, 0.15) is 43.5 Å². The van der Waals surface area contributed by atoms with Gasteiger partial charge in [-0.2, -0.15) is 0 Å². The number of nitrogens with one attached hydrogen (secondary N) is 1. The van der Waals surface area contributed by atoms with Crippen LogP contribution >= 0.6 is 0 Å². The van der Waals surface area contributed by atoms with Crippen molar-refractivity contribution in [3.63, 3.8) is 0 Å². The smallest absolute Gasteiger partial charge is 0.161 e. The van der Waals surface area contributed by atoms with E-state index in [2.05, 4.69) is 12.2 Å². The summed E-state index contributed by atoms with van der Waals surface area (Å²) in [5.41, 5.74) is 1.79. The number of ether oxygens (including phenoxy) is 2. The van der Waals surface area contributed by atoms with E-state index in [1.165, 1.54) is 12.1 Å². The molecule has 0 radical (unpaired) electrons. The van der Waals surface area contributed by atoms with Crippen LogP contribution in [0.2, 0.25) is 0 Å². The number of hydrogen-bond acceptors (Lipinski definition) is 4. The van der Waals surface area contributed by atoms with Crippen molar-refractivity contribution < 1.29 is 19.0 Å². The maximum atomic E-state index is 13.0. The van der Waals surface area contributed by atoms with Crippen molar-refractivity contribution in [2.75, 3.05) is 14.2 Å². The van der Waals surface area contributed by atoms with Crippen LogP contribution in [0.15, 0.2) is 42.5 Å². The van der Waals surface area contributed by atoms with E-state index < -0.39 is 6.10 Å². The molecule has 0 saturated heterocycles. The summed E-state index contributed by atoms with van der Waals surface area (Å²) in [6.45, 7) is 4.08. The van der Waals surface area contributed by atoms with Crippen molar-refractivity contribution in [2.24, 2.45) is 0 Å². The summed E-state index contributed by atoms with van der Waals surface area (Å²) in [6, 6.07) is 11.9. The summed E-state index contributed by atoms with van der Waals surface area (Å²) >= 11 is 0. The third kappa shape index (κ3) is 5.18. The molecule has 2 aromatic carbocycles. The summed E-state index contributed by atoms with van der Waals surface area (Å²) in [7, 11) is 3.22. The molecule has 0 fully saturated rings. The van der Waals surface area contributed by atoms with Crippen LogP contribution in [0.5, 0.6) is 11.5 Å². The molecule has 136 valence electrons. The van der Waals surface area contributed by atoms with Crippen molar-refractivity contribution in [1.29, 1.82) is 0 Å². The molecular weight excluding hydrogens is 321 g/mol. The molecule has 0 aromatic heterocycles. The largest absolute Gasteiger partial charge is 0.493 e. The molecule has 3 unspecified atom stereocenters. The molecule has 0 amide bonds. The van der Waals surface area contributed by atoms with Gasteiger partial charge in [0.15, 0.2) is 11.5 Å². The van der Waals surface area contributed by atoms with Crippen molar-refractivity contribution >= 4 is 0 Å². The SMILES string of the molecule is COc1ccc(C(C)NC(C)CC(O)c2ccc(F)cc2)cc1OC. The lowest BCUT2D eigenvalue weighted by atomic mass is 10.0. The molecule has 2 rings (SSSR count). The fourth-order valence-electron chi connectivity index (χ4n) is 2.87. The minimum atomic E-state index is -0.638. The first-order valence-corrected chi connectivity index (χ1v) is 8.36. The summed E-state index contributed by atoms with van der Waals surface area (Å²) in [4.78, 5) is 0. The maximum Gasteiger partial charge on any atom is 0.161 e. The summed E-state index contributed by atoms with van der Waals surface area (Å²) < 4.78 is 23.6. The van der Waals surface area contributed by atoms with Crippen LogP contribution in [-0.4, -0.2) is 25.4 Å². The van der Waals surface area contributed by atoms with Gasteiger partial charge in [0.1, 0.15) is 5.82 Å². The van der Waals surface area contributed by atoms with E-state index in [1.54, 1.807) is 26.4 Å². The molecule has 0 spiro atoms. The zero-order valence-electron chi connectivity index (χ0n) is 15.1. The second kappa shape index (κ2) is 8.83. The zero-order chi connectivity index (χ0) is 18.4. The van der Waals surface area contributed by atoms with Crippen molar-refractivity contribution in [3.8, 4) is 11.5 Å². The zero-order valence-corrected chi connectivity index (χ0v) is 15.1. The van der Waals surface area contributed by atoms with Gasteiger partial charge in [0.2, 0.25) is 0 Å². The fourth-order valence-corrected chi connectivity index (χ4v) is 2.87. The molecule has 0 saturated carbocycles. The Morgan fingerprint density at radius 3 is 2.16 bits per heavy atom. The minimum absolute atomic E-state index is 0.0724. The minimum Gasteiger partial charge on any atom is -0.493 e. The topological polar surface area (TPSA) is 50.7 Å². The molecule has 3 atom stereocenters. The molecule has 2 aromatic rings. The predicted octanol–water partition coefficient (Wildman–Crippen LogP) is 4.01. The highest BCUT2D eigenvalue weighted by atomic mass is 19.1. The number of aliphatic hydroxyl groups is 1. The second-order valence-corrected chi connectivity index (χ2v) is 6.21. The van der Waals surface area contributed by atoms with Gasteiger partial charge in [0, 0.05) is 12.1 Å². The lowest BCUT2D eigenvalue weighted by molar-refractivity contribution is 0.152. The van der Waals surface area contributed by atoms with Crippen LogP contribution in [0.4, 0.5) is 4.39 Å². The normalized spacial score (nSPS) is 14.6. The third-order valence-corrected chi connectivity index (χ3v) is 4.27. The lowest BCUT2D eigenvalue weighted by Crippen LogP contribution is -2.30. The van der Waals surface area contributed by atoms with Gasteiger partial charge in [0.25, 0.3) is 0 Å². The molecule has 25 heavy (non-hydrogen) atoms. The molecular formula is C20H26FNO3. The van der Waals surface area contributed by atoms with Gasteiger partial charge >= 0.3 is 0 Å². The molecule has 0 aliphatic rings. The van der Waals surface area contributed by atoms with E-state index in [-0.39, 0.29) is 17.9 Å². The van der Waals surface area contributed by atoms with Crippen LogP contribution < -0.4 is 14.8 Å². The third-order valence-electron chi connectivity index (χ3n) is 4.27. The first kappa shape index (κ1) is 19.2. The van der Waals surface area contributed by atoms with Gasteiger partial charge in [0.05, 0.1) is 20.3 Å². The molecule has 0 heterocycles. The van der Waals surface area contributed by atoms with Crippen molar-refractivity contribution in [3.05, 3.63) is 59.4 Å². The lowest BCUT2D eigenvalue weighted by Gasteiger charge is -2.23. The summed E-state index contributed by atoms with van der Waals surface area (Å²) in [5, 5.41) is 13.8. The predicted molar refractivity (Wildman–Crippen MR) is 96.5 cm³/mol. The molecule has 0 bridgehead atoms. The Kier molecular flexibility index (Phi) is 6.79. The number of rotatable bonds is 8. The highest BCUT2D eigenvalue weighted by Crippen LogP contribution is 2.30. The summed E-state index contributed by atoms with van der Waals surface area (Å²) in [5.74, 6) is 1.08. The molecule has 4 nitrogen and oxygen atoms in total. The Labute approximate surface area is 148 Å². The highest BCUT2D eigenvalue weighted by Gasteiger charge is 2.16. The van der Waals surface area contributed by atoms with E-state index in [0.29, 0.717) is 23.5 Å². The van der Waals surface area contributed by atoms with Gasteiger partial charge in [-0.25, -0.2) is 4.39 Å². The monoisotopic (exact) mass is 347 g/mol. The van der Waals surface area contributed by atoms with Gasteiger partial charge in [-0.1, -0.05) is 18.2 Å². The number of methoxy groups -OCH3 is 2. The molecule has 2 N–H and O–H groups in total. The Morgan fingerprint density at radius 2 is 1.56 bits per heavy atom. The number of aliphatic hydroxyl groups excluding tert-OH is 1. The van der Waals surface area contributed by atoms with Gasteiger partial charge < -0.3 is 19.9 Å². The highest BCUT2D eigenvalue weighted by molar-refractivity contribution is 5.43. The second-order valence-electron chi connectivity index (χ2n) is 6.21. The average Bonchev–Trinajstić information content (AvgIpc) is 2.61. The first-order chi connectivity index (χ1) is 11.9. The Morgan fingerprint density at radius 1 is 0.960 bits per heavy atom. The molecule has 0 aliphatic carbocycles. The van der Waals surface area contributed by atoms with E-state index in [4.69, 9.17) is 9.47 Å². The van der Waals surface area contributed by atoms with Gasteiger partial charge in [-0.3, -0.25) is 0 Å². The van der Waals surface area contributed by atoms with Crippen LogP contribution in [0.25, 0.3) is 0 Å². The number of halogens is 1. The maximum absolute atomic E-state index is 13.0. The van der Waals surface area contributed by atoms with Crippen LogP contribution in [0.3, 0.4) is 0 Å². The van der Waals surface area contributed by atoms with Crippen molar-refractivity contribution in [1.82, 2.24) is 5.32 Å². The first-order valence-electron chi connectivity index (χ1n) is 8.36. The van der Waals surface area contributed by atoms with Crippen LogP contribution in [-0.2, 0) is 0 Å². The quantitative estimate of drug-likeness (QED) is 0.758. The van der Waals surface area contributed by atoms with E-state index in [1.807, 2.05) is 25.1 Å². The average molecular weight is 347 g/mol. The number of hydrogen-bond donors (Lipinski definition) is 2. The molecule has 5 heteroatoms. The molecule has 0 aliphatic heterocycles. The van der Waals surface area contributed by atoms with Crippen LogP contribution in [0, 0.1) is 5.82 Å². The van der Waals surface area contributed by atoms with Gasteiger partial charge in [-0.05, 0) is 55.7 Å². The Hall–Kier alpha value is -2.11. The van der Waals surface area contributed by atoms with E-state index in [0.717, 1.165) is 5.56 Å². The van der Waals surface area contributed by atoms with Crippen molar-refractivity contribution in [2.45, 2.75) is 38.5 Å². The Bertz CT molecular complexity index is 675. The standard InChI is InChI=1S/C20H26FNO3/c1-13(11-18(23)15-5-8-17(21)9-6-15)22-14(2)16-7-10-19(24-3)20(12-16)25-4/h5-10,12-14,18,22-23H,11H2,1-4H3. The van der Waals surface area contributed by atoms with Gasteiger partial charge in [-0.15, -0.1) is 0 Å².